The number of fused-ring (bicyclic) bond motifs is 3. The maximum Gasteiger partial charge on any atom is 0.0994 e. The average Bonchev–Trinajstić information content (AvgIpc) is 2.67. The van der Waals surface area contributed by atoms with Crippen molar-refractivity contribution in [2.75, 3.05) is 0 Å². The van der Waals surface area contributed by atoms with Crippen LogP contribution in [-0.4, -0.2) is 14.4 Å². The quantitative estimate of drug-likeness (QED) is 0.534. The van der Waals surface area contributed by atoms with Gasteiger partial charge in [0.25, 0.3) is 0 Å². The predicted octanol–water partition coefficient (Wildman–Crippen LogP) is 2.19. The molecule has 0 saturated carbocycles. The fourth-order valence-electron chi connectivity index (χ4n) is 1.79. The molecule has 0 radical (unpaired) electrons. The predicted molar refractivity (Wildman–Crippen MR) is 55.2 cm³/mol. The SMILES string of the molecule is Cc1cc2ncccc2c2cncn12. The number of imidazole rings is 1. The van der Waals surface area contributed by atoms with Gasteiger partial charge in [-0.3, -0.25) is 4.98 Å². The summed E-state index contributed by atoms with van der Waals surface area (Å²) < 4.78 is 2.07. The Morgan fingerprint density at radius 1 is 1.36 bits per heavy atom. The first-order chi connectivity index (χ1) is 6.86. The Hall–Kier alpha value is -1.90. The van der Waals surface area contributed by atoms with E-state index in [1.165, 1.54) is 0 Å². The first-order valence-corrected chi connectivity index (χ1v) is 4.52. The lowest BCUT2D eigenvalue weighted by atomic mass is 10.2. The monoisotopic (exact) mass is 183 g/mol. The third-order valence-corrected chi connectivity index (χ3v) is 2.48. The number of rotatable bonds is 0. The van der Waals surface area contributed by atoms with Gasteiger partial charge in [-0.25, -0.2) is 4.98 Å². The summed E-state index contributed by atoms with van der Waals surface area (Å²) in [6.45, 7) is 2.06. The van der Waals surface area contributed by atoms with E-state index < -0.39 is 0 Å². The van der Waals surface area contributed by atoms with Crippen LogP contribution < -0.4 is 0 Å². The lowest BCUT2D eigenvalue weighted by molar-refractivity contribution is 1.08. The van der Waals surface area contributed by atoms with Crippen LogP contribution in [0.1, 0.15) is 5.69 Å². The van der Waals surface area contributed by atoms with Crippen molar-refractivity contribution in [2.24, 2.45) is 0 Å². The van der Waals surface area contributed by atoms with Gasteiger partial charge in [0.1, 0.15) is 0 Å². The van der Waals surface area contributed by atoms with Crippen LogP contribution in [-0.2, 0) is 0 Å². The van der Waals surface area contributed by atoms with Crippen LogP contribution >= 0.6 is 0 Å². The van der Waals surface area contributed by atoms with Gasteiger partial charge in [0.05, 0.1) is 23.6 Å². The molecular formula is C11H9N3. The molecule has 3 nitrogen and oxygen atoms in total. The summed E-state index contributed by atoms with van der Waals surface area (Å²) in [6, 6.07) is 6.09. The Bertz CT molecular complexity index is 610. The molecule has 3 aromatic rings. The van der Waals surface area contributed by atoms with E-state index in [2.05, 4.69) is 33.4 Å². The van der Waals surface area contributed by atoms with Crippen molar-refractivity contribution < 1.29 is 0 Å². The normalized spacial score (nSPS) is 11.2. The zero-order chi connectivity index (χ0) is 9.54. The van der Waals surface area contributed by atoms with Crippen LogP contribution in [0, 0.1) is 6.92 Å². The number of hydrogen-bond acceptors (Lipinski definition) is 2. The van der Waals surface area contributed by atoms with Crippen molar-refractivity contribution in [3.8, 4) is 0 Å². The van der Waals surface area contributed by atoms with Crippen LogP contribution in [0.5, 0.6) is 0 Å². The Balaban J connectivity index is 2.66. The molecule has 0 atom stereocenters. The number of aryl methyl sites for hydroxylation is 1. The summed E-state index contributed by atoms with van der Waals surface area (Å²) in [5, 5.41) is 1.15. The minimum Gasteiger partial charge on any atom is -0.303 e. The van der Waals surface area contributed by atoms with Crippen LogP contribution in [0.25, 0.3) is 16.4 Å². The molecule has 68 valence electrons. The fraction of sp³-hybridized carbons (Fsp3) is 0.0909. The average molecular weight is 183 g/mol. The van der Waals surface area contributed by atoms with Crippen molar-refractivity contribution in [3.05, 3.63) is 42.6 Å². The van der Waals surface area contributed by atoms with Gasteiger partial charge in [0, 0.05) is 17.3 Å². The third-order valence-electron chi connectivity index (χ3n) is 2.48. The van der Waals surface area contributed by atoms with Crippen molar-refractivity contribution in [1.29, 1.82) is 0 Å². The van der Waals surface area contributed by atoms with Crippen molar-refractivity contribution >= 4 is 16.4 Å². The molecule has 0 fully saturated rings. The highest BCUT2D eigenvalue weighted by molar-refractivity contribution is 5.93. The second-order valence-corrected chi connectivity index (χ2v) is 3.37. The van der Waals surface area contributed by atoms with E-state index in [1.54, 1.807) is 0 Å². The minimum absolute atomic E-state index is 1.03. The van der Waals surface area contributed by atoms with Gasteiger partial charge >= 0.3 is 0 Å². The molecular weight excluding hydrogens is 174 g/mol. The summed E-state index contributed by atoms with van der Waals surface area (Å²) in [4.78, 5) is 8.48. The van der Waals surface area contributed by atoms with Crippen molar-refractivity contribution in [3.63, 3.8) is 0 Å². The molecule has 0 aliphatic carbocycles. The fourth-order valence-corrected chi connectivity index (χ4v) is 1.79. The van der Waals surface area contributed by atoms with E-state index in [0.29, 0.717) is 0 Å². The molecule has 0 aromatic carbocycles. The number of aromatic nitrogens is 3. The van der Waals surface area contributed by atoms with Gasteiger partial charge in [0.2, 0.25) is 0 Å². The second kappa shape index (κ2) is 2.54. The van der Waals surface area contributed by atoms with Gasteiger partial charge in [0.15, 0.2) is 0 Å². The summed E-state index contributed by atoms with van der Waals surface area (Å²) in [5.41, 5.74) is 3.30. The number of pyridine rings is 2. The van der Waals surface area contributed by atoms with Gasteiger partial charge in [-0.05, 0) is 25.1 Å². The van der Waals surface area contributed by atoms with Crippen LogP contribution in [0.4, 0.5) is 0 Å². The molecule has 0 unspecified atom stereocenters. The van der Waals surface area contributed by atoms with E-state index in [9.17, 15) is 0 Å². The Labute approximate surface area is 81.0 Å². The molecule has 0 saturated heterocycles. The van der Waals surface area contributed by atoms with Gasteiger partial charge in [-0.15, -0.1) is 0 Å². The largest absolute Gasteiger partial charge is 0.303 e. The second-order valence-electron chi connectivity index (χ2n) is 3.37. The molecule has 3 heterocycles. The lowest BCUT2D eigenvalue weighted by Crippen LogP contribution is -1.91. The standard InChI is InChI=1S/C11H9N3/c1-8-5-10-9(3-2-4-13-10)11-6-12-7-14(8)11/h2-7H,1H3. The number of hydrogen-bond donors (Lipinski definition) is 0. The molecule has 14 heavy (non-hydrogen) atoms. The Morgan fingerprint density at radius 2 is 2.29 bits per heavy atom. The number of nitrogens with zero attached hydrogens (tertiary/aromatic N) is 3. The summed E-state index contributed by atoms with van der Waals surface area (Å²) in [5.74, 6) is 0. The van der Waals surface area contributed by atoms with E-state index in [0.717, 1.165) is 22.1 Å². The van der Waals surface area contributed by atoms with Crippen molar-refractivity contribution in [2.45, 2.75) is 6.92 Å². The maximum atomic E-state index is 4.33. The zero-order valence-electron chi connectivity index (χ0n) is 7.81. The maximum absolute atomic E-state index is 4.33. The lowest BCUT2D eigenvalue weighted by Gasteiger charge is -2.03. The third kappa shape index (κ3) is 0.865. The van der Waals surface area contributed by atoms with Gasteiger partial charge in [-0.2, -0.15) is 0 Å². The summed E-state index contributed by atoms with van der Waals surface area (Å²) >= 11 is 0. The summed E-state index contributed by atoms with van der Waals surface area (Å²) in [6.07, 6.45) is 5.52. The topological polar surface area (TPSA) is 30.2 Å². The van der Waals surface area contributed by atoms with Crippen LogP contribution in [0.3, 0.4) is 0 Å². The molecule has 3 heteroatoms. The van der Waals surface area contributed by atoms with E-state index in [-0.39, 0.29) is 0 Å². The summed E-state index contributed by atoms with van der Waals surface area (Å²) in [7, 11) is 0. The molecule has 0 spiro atoms. The Morgan fingerprint density at radius 3 is 3.21 bits per heavy atom. The molecule has 0 amide bonds. The molecule has 3 rings (SSSR count). The highest BCUT2D eigenvalue weighted by atomic mass is 15.0. The van der Waals surface area contributed by atoms with E-state index in [1.807, 2.05) is 24.8 Å². The van der Waals surface area contributed by atoms with E-state index in [4.69, 9.17) is 0 Å². The molecule has 3 aromatic heterocycles. The van der Waals surface area contributed by atoms with Gasteiger partial charge in [-0.1, -0.05) is 0 Å². The molecule has 0 N–H and O–H groups in total. The first kappa shape index (κ1) is 7.50. The van der Waals surface area contributed by atoms with Crippen LogP contribution in [0.15, 0.2) is 36.9 Å². The first-order valence-electron chi connectivity index (χ1n) is 4.52. The highest BCUT2D eigenvalue weighted by Gasteiger charge is 2.03. The molecule has 0 aliphatic rings. The van der Waals surface area contributed by atoms with E-state index >= 15 is 0 Å². The highest BCUT2D eigenvalue weighted by Crippen LogP contribution is 2.19. The molecule has 0 bridgehead atoms. The minimum atomic E-state index is 1.03. The Kier molecular flexibility index (Phi) is 1.36. The smallest absolute Gasteiger partial charge is 0.0994 e. The molecule has 0 aliphatic heterocycles. The van der Waals surface area contributed by atoms with Crippen molar-refractivity contribution in [1.82, 2.24) is 14.4 Å². The zero-order valence-corrected chi connectivity index (χ0v) is 7.81. The van der Waals surface area contributed by atoms with Crippen LogP contribution in [0.2, 0.25) is 0 Å². The van der Waals surface area contributed by atoms with Gasteiger partial charge < -0.3 is 4.40 Å².